The van der Waals surface area contributed by atoms with Crippen LogP contribution in [0.3, 0.4) is 0 Å². The number of nitrogens with zero attached hydrogens (tertiary/aromatic N) is 2. The molecule has 1 N–H and O–H groups in total. The van der Waals surface area contributed by atoms with Crippen LogP contribution in [-0.2, 0) is 0 Å². The quantitative estimate of drug-likeness (QED) is 0.666. The highest BCUT2D eigenvalue weighted by molar-refractivity contribution is 5.96. The zero-order chi connectivity index (χ0) is 15.4. The van der Waals surface area contributed by atoms with Crippen LogP contribution in [0.5, 0.6) is 0 Å². The van der Waals surface area contributed by atoms with Crippen LogP contribution in [0.1, 0.15) is 41.6 Å². The van der Waals surface area contributed by atoms with Crippen LogP contribution in [0.15, 0.2) is 18.2 Å². The molecule has 0 aliphatic heterocycles. The summed E-state index contributed by atoms with van der Waals surface area (Å²) in [6.45, 7) is 1.94. The Labute approximate surface area is 123 Å². The lowest BCUT2D eigenvalue weighted by Gasteiger charge is -2.28. The highest BCUT2D eigenvalue weighted by Crippen LogP contribution is 2.26. The van der Waals surface area contributed by atoms with Crippen molar-refractivity contribution >= 4 is 11.6 Å². The van der Waals surface area contributed by atoms with Gasteiger partial charge < -0.3 is 10.0 Å². The molecule has 1 amide bonds. The molecule has 6 nitrogen and oxygen atoms in total. The van der Waals surface area contributed by atoms with E-state index in [1.54, 1.807) is 17.9 Å². The van der Waals surface area contributed by atoms with Gasteiger partial charge in [-0.25, -0.2) is 0 Å². The topological polar surface area (TPSA) is 83.7 Å². The van der Waals surface area contributed by atoms with E-state index in [1.807, 2.05) is 0 Å². The summed E-state index contributed by atoms with van der Waals surface area (Å²) in [6.07, 6.45) is 4.01. The fourth-order valence-corrected chi connectivity index (χ4v) is 2.88. The van der Waals surface area contributed by atoms with E-state index in [0.29, 0.717) is 11.1 Å². The molecule has 1 saturated carbocycles. The number of carbonyl (C=O) groups excluding carboxylic acids is 1. The minimum absolute atomic E-state index is 0.0840. The van der Waals surface area contributed by atoms with Gasteiger partial charge in [-0.05, 0) is 25.3 Å². The van der Waals surface area contributed by atoms with Crippen molar-refractivity contribution in [2.24, 2.45) is 0 Å². The first-order valence-corrected chi connectivity index (χ1v) is 7.21. The molecule has 0 radical (unpaired) electrons. The molecule has 6 heteroatoms. The smallest absolute Gasteiger partial charge is 0.270 e. The molecule has 0 unspecified atom stereocenters. The van der Waals surface area contributed by atoms with Crippen LogP contribution < -0.4 is 0 Å². The van der Waals surface area contributed by atoms with E-state index in [-0.39, 0.29) is 30.8 Å². The zero-order valence-electron chi connectivity index (χ0n) is 12.1. The second kappa shape index (κ2) is 6.67. The van der Waals surface area contributed by atoms with Crippen molar-refractivity contribution < 1.29 is 14.8 Å². The molecule has 0 spiro atoms. The van der Waals surface area contributed by atoms with Crippen LogP contribution in [0.25, 0.3) is 0 Å². The molecule has 1 fully saturated rings. The summed E-state index contributed by atoms with van der Waals surface area (Å²) in [4.78, 5) is 24.8. The maximum Gasteiger partial charge on any atom is 0.270 e. The standard InChI is InChI=1S/C15H20N2O4/c1-11-6-7-13(17(20)21)10-14(11)15(19)16(8-9-18)12-4-2-3-5-12/h6-7,10,12,18H,2-5,8-9H2,1H3. The second-order valence-electron chi connectivity index (χ2n) is 5.42. The molecule has 1 aliphatic carbocycles. The number of aliphatic hydroxyl groups excluding tert-OH is 1. The summed E-state index contributed by atoms with van der Waals surface area (Å²) in [5.41, 5.74) is 0.982. The minimum Gasteiger partial charge on any atom is -0.395 e. The van der Waals surface area contributed by atoms with Gasteiger partial charge in [0.2, 0.25) is 0 Å². The molecule has 0 heterocycles. The minimum atomic E-state index is -0.498. The lowest BCUT2D eigenvalue weighted by molar-refractivity contribution is -0.384. The number of carbonyl (C=O) groups is 1. The van der Waals surface area contributed by atoms with Gasteiger partial charge in [0.1, 0.15) is 0 Å². The third-order valence-corrected chi connectivity index (χ3v) is 4.03. The molecule has 21 heavy (non-hydrogen) atoms. The van der Waals surface area contributed by atoms with Gasteiger partial charge in [-0.2, -0.15) is 0 Å². The number of hydrogen-bond acceptors (Lipinski definition) is 4. The van der Waals surface area contributed by atoms with Crippen LogP contribution in [0, 0.1) is 17.0 Å². The first kappa shape index (κ1) is 15.4. The Morgan fingerprint density at radius 1 is 1.43 bits per heavy atom. The number of amides is 1. The van der Waals surface area contributed by atoms with Gasteiger partial charge in [0.15, 0.2) is 0 Å². The number of aliphatic hydroxyl groups is 1. The maximum atomic E-state index is 12.7. The molecule has 0 atom stereocenters. The Bertz CT molecular complexity index is 538. The molecule has 1 aliphatic rings. The summed E-state index contributed by atoms with van der Waals surface area (Å²) in [5.74, 6) is -0.225. The van der Waals surface area contributed by atoms with E-state index in [0.717, 1.165) is 25.7 Å². The largest absolute Gasteiger partial charge is 0.395 e. The van der Waals surface area contributed by atoms with Crippen molar-refractivity contribution in [3.63, 3.8) is 0 Å². The summed E-state index contributed by atoms with van der Waals surface area (Å²) < 4.78 is 0. The average molecular weight is 292 g/mol. The van der Waals surface area contributed by atoms with Gasteiger partial charge in [0.25, 0.3) is 11.6 Å². The predicted octanol–water partition coefficient (Wildman–Crippen LogP) is 2.28. The Balaban J connectivity index is 2.31. The van der Waals surface area contributed by atoms with E-state index >= 15 is 0 Å². The molecular formula is C15H20N2O4. The van der Waals surface area contributed by atoms with Crippen molar-refractivity contribution in [1.29, 1.82) is 0 Å². The SMILES string of the molecule is Cc1ccc([N+](=O)[O-])cc1C(=O)N(CCO)C1CCCC1. The van der Waals surface area contributed by atoms with Gasteiger partial charge >= 0.3 is 0 Å². The van der Waals surface area contributed by atoms with Crippen molar-refractivity contribution in [3.05, 3.63) is 39.4 Å². The van der Waals surface area contributed by atoms with E-state index < -0.39 is 4.92 Å². The third-order valence-electron chi connectivity index (χ3n) is 4.03. The number of nitro groups is 1. The molecule has 114 valence electrons. The van der Waals surface area contributed by atoms with Gasteiger partial charge in [0.05, 0.1) is 11.5 Å². The Morgan fingerprint density at radius 3 is 2.67 bits per heavy atom. The number of hydrogen-bond donors (Lipinski definition) is 1. The first-order chi connectivity index (χ1) is 10.0. The van der Waals surface area contributed by atoms with Crippen LogP contribution in [0.4, 0.5) is 5.69 Å². The summed E-state index contributed by atoms with van der Waals surface area (Å²) >= 11 is 0. The van der Waals surface area contributed by atoms with Gasteiger partial charge in [-0.15, -0.1) is 0 Å². The molecule has 0 bridgehead atoms. The highest BCUT2D eigenvalue weighted by Gasteiger charge is 2.28. The van der Waals surface area contributed by atoms with Crippen LogP contribution >= 0.6 is 0 Å². The van der Waals surface area contributed by atoms with E-state index in [1.165, 1.54) is 12.1 Å². The second-order valence-corrected chi connectivity index (χ2v) is 5.42. The fraction of sp³-hybridized carbons (Fsp3) is 0.533. The average Bonchev–Trinajstić information content (AvgIpc) is 2.98. The molecule has 1 aromatic carbocycles. The van der Waals surface area contributed by atoms with E-state index in [2.05, 4.69) is 0 Å². The van der Waals surface area contributed by atoms with Crippen LogP contribution in [0.2, 0.25) is 0 Å². The van der Waals surface area contributed by atoms with Crippen molar-refractivity contribution in [3.8, 4) is 0 Å². The first-order valence-electron chi connectivity index (χ1n) is 7.21. The predicted molar refractivity (Wildman–Crippen MR) is 78.2 cm³/mol. The molecule has 1 aromatic rings. The Hall–Kier alpha value is -1.95. The number of benzene rings is 1. The van der Waals surface area contributed by atoms with Crippen molar-refractivity contribution in [2.75, 3.05) is 13.2 Å². The monoisotopic (exact) mass is 292 g/mol. The zero-order valence-corrected chi connectivity index (χ0v) is 12.1. The molecular weight excluding hydrogens is 272 g/mol. The molecule has 0 aromatic heterocycles. The molecule has 0 saturated heterocycles. The van der Waals surface area contributed by atoms with Gasteiger partial charge in [0, 0.05) is 30.3 Å². The normalized spacial score (nSPS) is 15.1. The lowest BCUT2D eigenvalue weighted by Crippen LogP contribution is -2.41. The molecule has 2 rings (SSSR count). The van der Waals surface area contributed by atoms with Gasteiger partial charge in [-0.1, -0.05) is 18.9 Å². The lowest BCUT2D eigenvalue weighted by atomic mass is 10.0. The highest BCUT2D eigenvalue weighted by atomic mass is 16.6. The van der Waals surface area contributed by atoms with E-state index in [4.69, 9.17) is 0 Å². The van der Waals surface area contributed by atoms with Crippen molar-refractivity contribution in [2.45, 2.75) is 38.6 Å². The number of aryl methyl sites for hydroxylation is 1. The maximum absolute atomic E-state index is 12.7. The van der Waals surface area contributed by atoms with Crippen LogP contribution in [-0.4, -0.2) is 40.0 Å². The van der Waals surface area contributed by atoms with E-state index in [9.17, 15) is 20.0 Å². The summed E-state index contributed by atoms with van der Waals surface area (Å²) in [7, 11) is 0. The van der Waals surface area contributed by atoms with Crippen molar-refractivity contribution in [1.82, 2.24) is 4.90 Å². The fourth-order valence-electron chi connectivity index (χ4n) is 2.88. The number of non-ortho nitro benzene ring substituents is 1. The summed E-state index contributed by atoms with van der Waals surface area (Å²) in [5, 5.41) is 20.1. The van der Waals surface area contributed by atoms with Gasteiger partial charge in [-0.3, -0.25) is 14.9 Å². The number of nitro benzene ring substituents is 1. The number of rotatable bonds is 5. The summed E-state index contributed by atoms with van der Waals surface area (Å²) in [6, 6.07) is 4.45. The Morgan fingerprint density at radius 2 is 2.10 bits per heavy atom. The third kappa shape index (κ3) is 3.39. The Kier molecular flexibility index (Phi) is 4.90.